The van der Waals surface area contributed by atoms with Crippen LogP contribution in [-0.2, 0) is 4.79 Å². The maximum absolute atomic E-state index is 12.1. The van der Waals surface area contributed by atoms with Crippen LogP contribution in [0.3, 0.4) is 0 Å². The van der Waals surface area contributed by atoms with E-state index < -0.39 is 24.0 Å². The molecule has 1 aliphatic heterocycles. The number of hydrogen-bond acceptors (Lipinski definition) is 2. The van der Waals surface area contributed by atoms with E-state index in [2.05, 4.69) is 0 Å². The van der Waals surface area contributed by atoms with Crippen molar-refractivity contribution in [2.24, 2.45) is 0 Å². The molecule has 0 radical (unpaired) electrons. The number of carbonyl (C=O) groups excluding carboxylic acids is 1. The number of hydrogen-bond donors (Lipinski definition) is 2. The highest BCUT2D eigenvalue weighted by atomic mass is 19.4. The second kappa shape index (κ2) is 2.10. The van der Waals surface area contributed by atoms with E-state index in [-0.39, 0.29) is 0 Å². The highest BCUT2D eigenvalue weighted by Crippen LogP contribution is 2.33. The van der Waals surface area contributed by atoms with Crippen molar-refractivity contribution in [1.29, 1.82) is 0 Å². The molecule has 2 N–H and O–H groups in total. The Morgan fingerprint density at radius 3 is 2.27 bits per heavy atom. The minimum Gasteiger partial charge on any atom is -0.291 e. The van der Waals surface area contributed by atoms with Gasteiger partial charge in [0, 0.05) is 0 Å². The Kier molecular flexibility index (Phi) is 1.59. The molecule has 11 heavy (non-hydrogen) atoms. The van der Waals surface area contributed by atoms with E-state index in [1.165, 1.54) is 0 Å². The van der Waals surface area contributed by atoms with E-state index in [9.17, 15) is 18.0 Å². The Balaban J connectivity index is 2.77. The first-order valence-corrected chi connectivity index (χ1v) is 2.98. The topological polar surface area (TPSA) is 41.1 Å². The van der Waals surface area contributed by atoms with Crippen molar-refractivity contribution >= 4 is 5.91 Å². The molecular weight excluding hydrogens is 161 g/mol. The third-order valence-electron chi connectivity index (χ3n) is 1.62. The summed E-state index contributed by atoms with van der Waals surface area (Å²) in [5.74, 6) is -0.634. The fourth-order valence-corrected chi connectivity index (χ4v) is 0.788. The van der Waals surface area contributed by atoms with Crippen molar-refractivity contribution in [3.8, 4) is 0 Å². The lowest BCUT2D eigenvalue weighted by molar-refractivity contribution is -0.188. The summed E-state index contributed by atoms with van der Waals surface area (Å²) < 4.78 is 36.2. The van der Waals surface area contributed by atoms with Gasteiger partial charge in [-0.3, -0.25) is 10.2 Å². The molecule has 1 fully saturated rings. The maximum Gasteiger partial charge on any atom is 0.408 e. The van der Waals surface area contributed by atoms with Gasteiger partial charge in [0.15, 0.2) is 0 Å². The zero-order chi connectivity index (χ0) is 8.70. The summed E-state index contributed by atoms with van der Waals surface area (Å²) in [4.78, 5) is 10.4. The summed E-state index contributed by atoms with van der Waals surface area (Å²) in [6.07, 6.45) is -4.96. The number of amides is 1. The predicted octanol–water partition coefficient (Wildman–Crippen LogP) is 0.332. The fourth-order valence-electron chi connectivity index (χ4n) is 0.788. The van der Waals surface area contributed by atoms with E-state index in [1.54, 1.807) is 0 Å². The van der Waals surface area contributed by atoms with Crippen LogP contribution in [0.25, 0.3) is 0 Å². The Morgan fingerprint density at radius 2 is 2.09 bits per heavy atom. The zero-order valence-corrected chi connectivity index (χ0v) is 5.75. The van der Waals surface area contributed by atoms with Gasteiger partial charge in [-0.25, -0.2) is 5.43 Å². The van der Waals surface area contributed by atoms with Crippen molar-refractivity contribution in [3.05, 3.63) is 0 Å². The molecule has 0 aromatic rings. The number of hydrazine groups is 1. The van der Waals surface area contributed by atoms with Gasteiger partial charge >= 0.3 is 6.18 Å². The average Bonchev–Trinajstić information content (AvgIpc) is 2.10. The normalized spacial score (nSPS) is 32.2. The first-order chi connectivity index (χ1) is 4.85. The van der Waals surface area contributed by atoms with E-state index in [4.69, 9.17) is 0 Å². The first-order valence-electron chi connectivity index (χ1n) is 2.98. The van der Waals surface area contributed by atoms with Gasteiger partial charge in [0.1, 0.15) is 5.54 Å². The van der Waals surface area contributed by atoms with Crippen molar-refractivity contribution in [1.82, 2.24) is 10.9 Å². The monoisotopic (exact) mass is 168 g/mol. The molecule has 6 heteroatoms. The van der Waals surface area contributed by atoms with Gasteiger partial charge < -0.3 is 0 Å². The first kappa shape index (κ1) is 8.32. The van der Waals surface area contributed by atoms with Gasteiger partial charge in [0.05, 0.1) is 6.42 Å². The smallest absolute Gasteiger partial charge is 0.291 e. The molecule has 1 unspecified atom stereocenters. The molecule has 1 aliphatic rings. The molecule has 1 rings (SSSR count). The van der Waals surface area contributed by atoms with Crippen LogP contribution in [0.4, 0.5) is 13.2 Å². The molecular formula is C5H7F3N2O. The Labute approximate surface area is 60.9 Å². The van der Waals surface area contributed by atoms with Crippen molar-refractivity contribution in [2.45, 2.75) is 25.1 Å². The lowest BCUT2D eigenvalue weighted by atomic mass is 10.00. The molecule has 1 atom stereocenters. The Bertz CT molecular complexity index is 191. The highest BCUT2D eigenvalue weighted by Gasteiger charge is 2.55. The minimum absolute atomic E-state index is 0.559. The summed E-state index contributed by atoms with van der Waals surface area (Å²) in [6.45, 7) is 0.935. The minimum atomic E-state index is -4.40. The maximum atomic E-state index is 12.1. The summed E-state index contributed by atoms with van der Waals surface area (Å²) in [6, 6.07) is 0. The van der Waals surface area contributed by atoms with Crippen LogP contribution in [0.5, 0.6) is 0 Å². The van der Waals surface area contributed by atoms with Gasteiger partial charge in [-0.2, -0.15) is 13.2 Å². The van der Waals surface area contributed by atoms with E-state index in [0.29, 0.717) is 0 Å². The van der Waals surface area contributed by atoms with Crippen molar-refractivity contribution in [3.63, 3.8) is 0 Å². The molecule has 0 aromatic heterocycles. The highest BCUT2D eigenvalue weighted by molar-refractivity contribution is 5.79. The number of alkyl halides is 3. The summed E-state index contributed by atoms with van der Waals surface area (Å²) in [7, 11) is 0. The SMILES string of the molecule is CC1(C(F)(F)F)CC(=O)NN1. The molecule has 1 heterocycles. The number of nitrogens with one attached hydrogen (secondary N) is 2. The summed E-state index contributed by atoms with van der Waals surface area (Å²) in [5, 5.41) is 0. The molecule has 0 aromatic carbocycles. The Morgan fingerprint density at radius 1 is 1.55 bits per heavy atom. The van der Waals surface area contributed by atoms with Gasteiger partial charge in [0.25, 0.3) is 0 Å². The molecule has 0 bridgehead atoms. The van der Waals surface area contributed by atoms with E-state index in [0.717, 1.165) is 6.92 Å². The lowest BCUT2D eigenvalue weighted by Crippen LogP contribution is -2.52. The fraction of sp³-hybridized carbons (Fsp3) is 0.800. The number of halogens is 3. The van der Waals surface area contributed by atoms with Gasteiger partial charge in [-0.15, -0.1) is 0 Å². The van der Waals surface area contributed by atoms with Crippen molar-refractivity contribution in [2.75, 3.05) is 0 Å². The predicted molar refractivity (Wildman–Crippen MR) is 30.4 cm³/mol. The summed E-state index contributed by atoms with van der Waals surface area (Å²) in [5.41, 5.74) is 1.70. The molecule has 0 aliphatic carbocycles. The van der Waals surface area contributed by atoms with Crippen LogP contribution < -0.4 is 10.9 Å². The summed E-state index contributed by atoms with van der Waals surface area (Å²) >= 11 is 0. The molecule has 1 amide bonds. The van der Waals surface area contributed by atoms with Crippen LogP contribution >= 0.6 is 0 Å². The van der Waals surface area contributed by atoms with Crippen LogP contribution in [0, 0.1) is 0 Å². The van der Waals surface area contributed by atoms with Crippen LogP contribution in [0.15, 0.2) is 0 Å². The third kappa shape index (κ3) is 1.30. The number of carbonyl (C=O) groups is 1. The van der Waals surface area contributed by atoms with Gasteiger partial charge in [-0.05, 0) is 6.92 Å². The second-order valence-corrected chi connectivity index (χ2v) is 2.68. The largest absolute Gasteiger partial charge is 0.408 e. The van der Waals surface area contributed by atoms with E-state index in [1.807, 2.05) is 10.9 Å². The van der Waals surface area contributed by atoms with Crippen LogP contribution in [-0.4, -0.2) is 17.6 Å². The van der Waals surface area contributed by atoms with Gasteiger partial charge in [0.2, 0.25) is 5.91 Å². The molecule has 0 saturated carbocycles. The lowest BCUT2D eigenvalue weighted by Gasteiger charge is -2.24. The van der Waals surface area contributed by atoms with Crippen molar-refractivity contribution < 1.29 is 18.0 Å². The van der Waals surface area contributed by atoms with Crippen LogP contribution in [0.2, 0.25) is 0 Å². The second-order valence-electron chi connectivity index (χ2n) is 2.68. The standard InChI is InChI=1S/C5H7F3N2O/c1-4(5(6,7)8)2-3(11)9-10-4/h10H,2H2,1H3,(H,9,11). The quantitative estimate of drug-likeness (QED) is 0.547. The van der Waals surface area contributed by atoms with Crippen LogP contribution in [0.1, 0.15) is 13.3 Å². The number of rotatable bonds is 0. The molecule has 0 spiro atoms. The van der Waals surface area contributed by atoms with Gasteiger partial charge in [-0.1, -0.05) is 0 Å². The molecule has 1 saturated heterocycles. The molecule has 64 valence electrons. The average molecular weight is 168 g/mol. The van der Waals surface area contributed by atoms with E-state index >= 15 is 0 Å². The Hall–Kier alpha value is -0.780. The molecule has 3 nitrogen and oxygen atoms in total. The third-order valence-corrected chi connectivity index (χ3v) is 1.62. The zero-order valence-electron chi connectivity index (χ0n) is 5.75.